The van der Waals surface area contributed by atoms with Gasteiger partial charge in [0, 0.05) is 56.9 Å². The number of nitrogens with zero attached hydrogens (tertiary/aromatic N) is 3. The number of anilines is 8. The molecule has 8 aromatic carbocycles. The van der Waals surface area contributed by atoms with Crippen LogP contribution in [0.15, 0.2) is 176 Å². The van der Waals surface area contributed by atoms with Crippen LogP contribution in [0.2, 0.25) is 0 Å². The van der Waals surface area contributed by atoms with Crippen molar-refractivity contribution >= 4 is 63.3 Å². The minimum atomic E-state index is -0.228. The lowest BCUT2D eigenvalue weighted by molar-refractivity contribution is 0.360. The lowest BCUT2D eigenvalue weighted by Gasteiger charge is -2.51. The number of fused-ring (bicyclic) bond motifs is 8. The maximum Gasteiger partial charge on any atom is 0.333 e. The predicted octanol–water partition coefficient (Wildman–Crippen LogP) is 12.7. The highest BCUT2D eigenvalue weighted by Crippen LogP contribution is 2.58. The number of ether oxygens (including phenoxy) is 2. The molecule has 8 aromatic rings. The molecule has 0 fully saturated rings. The van der Waals surface area contributed by atoms with Crippen LogP contribution in [-0.4, -0.2) is 6.85 Å². The van der Waals surface area contributed by atoms with E-state index in [0.717, 1.165) is 39.6 Å². The number of benzene rings is 8. The van der Waals surface area contributed by atoms with Gasteiger partial charge in [-0.25, -0.2) is 0 Å². The molecule has 0 aromatic heterocycles. The topological polar surface area (TPSA) is 28.2 Å². The van der Waals surface area contributed by atoms with E-state index in [1.165, 1.54) is 44.7 Å². The molecule has 5 nitrogen and oxygen atoms in total. The second-order valence-corrected chi connectivity index (χ2v) is 16.2. The molecule has 0 bridgehead atoms. The Hall–Kier alpha value is -7.18. The maximum atomic E-state index is 6.67. The van der Waals surface area contributed by atoms with Gasteiger partial charge in [0.1, 0.15) is 0 Å². The summed E-state index contributed by atoms with van der Waals surface area (Å²) in [7, 11) is 0. The number of aryl methyl sites for hydroxylation is 1. The molecule has 0 amide bonds. The van der Waals surface area contributed by atoms with E-state index in [4.69, 9.17) is 9.47 Å². The summed E-state index contributed by atoms with van der Waals surface area (Å²) in [6, 6.07) is 63.3. The first-order valence-electron chi connectivity index (χ1n) is 20.0. The molecule has 0 radical (unpaired) electrons. The largest absolute Gasteiger partial charge is 0.449 e. The summed E-state index contributed by atoms with van der Waals surface area (Å²) in [6.07, 6.45) is 0. The highest BCUT2D eigenvalue weighted by atomic mass is 16.6. The van der Waals surface area contributed by atoms with Crippen molar-refractivity contribution in [1.29, 1.82) is 0 Å². The number of hydrogen-bond donors (Lipinski definition) is 0. The fraction of sp³-hybridized carbons (Fsp3) is 0.0769. The smallest absolute Gasteiger partial charge is 0.333 e. The van der Waals surface area contributed by atoms with Gasteiger partial charge < -0.3 is 24.1 Å². The van der Waals surface area contributed by atoms with Crippen LogP contribution in [0.25, 0.3) is 11.1 Å². The van der Waals surface area contributed by atoms with E-state index in [1.807, 2.05) is 24.3 Å². The first-order valence-corrected chi connectivity index (χ1v) is 20.0. The molecule has 0 saturated carbocycles. The van der Waals surface area contributed by atoms with E-state index in [0.29, 0.717) is 23.0 Å². The first kappa shape index (κ1) is 33.0. The van der Waals surface area contributed by atoms with Crippen molar-refractivity contribution in [3.63, 3.8) is 0 Å². The molecule has 276 valence electrons. The van der Waals surface area contributed by atoms with E-state index in [1.54, 1.807) is 0 Å². The molecular formula is C52H38BN3O2. The van der Waals surface area contributed by atoms with Gasteiger partial charge >= 0.3 is 6.85 Å². The van der Waals surface area contributed by atoms with Crippen molar-refractivity contribution in [2.75, 3.05) is 14.6 Å². The zero-order valence-electron chi connectivity index (χ0n) is 32.5. The van der Waals surface area contributed by atoms with Gasteiger partial charge in [0.05, 0.1) is 5.69 Å². The van der Waals surface area contributed by atoms with E-state index in [2.05, 4.69) is 187 Å². The van der Waals surface area contributed by atoms with Crippen LogP contribution in [-0.2, 0) is 5.41 Å². The molecule has 58 heavy (non-hydrogen) atoms. The summed E-state index contributed by atoms with van der Waals surface area (Å²) in [6.45, 7) is 6.82. The lowest BCUT2D eigenvalue weighted by Crippen LogP contribution is -2.62. The van der Waals surface area contributed by atoms with E-state index >= 15 is 0 Å². The monoisotopic (exact) mass is 747 g/mol. The van der Waals surface area contributed by atoms with Crippen molar-refractivity contribution in [3.8, 4) is 34.1 Å². The van der Waals surface area contributed by atoms with Crippen molar-refractivity contribution in [2.24, 2.45) is 0 Å². The van der Waals surface area contributed by atoms with Gasteiger partial charge in [-0.15, -0.1) is 0 Å². The van der Waals surface area contributed by atoms with Gasteiger partial charge in [0.2, 0.25) is 0 Å². The van der Waals surface area contributed by atoms with Gasteiger partial charge in [0.15, 0.2) is 23.0 Å². The number of para-hydroxylation sites is 7. The average Bonchev–Trinajstić information content (AvgIpc) is 3.26. The molecule has 0 spiro atoms. The fourth-order valence-corrected chi connectivity index (χ4v) is 9.94. The molecule has 0 unspecified atom stereocenters. The Morgan fingerprint density at radius 1 is 0.483 bits per heavy atom. The zero-order chi connectivity index (χ0) is 38.7. The maximum absolute atomic E-state index is 6.67. The highest BCUT2D eigenvalue weighted by molar-refractivity contribution is 6.93. The van der Waals surface area contributed by atoms with E-state index < -0.39 is 0 Å². The van der Waals surface area contributed by atoms with Crippen LogP contribution in [0.5, 0.6) is 23.0 Å². The normalized spacial score (nSPS) is 14.4. The van der Waals surface area contributed by atoms with Crippen LogP contribution in [0.3, 0.4) is 0 Å². The van der Waals surface area contributed by atoms with Crippen molar-refractivity contribution in [2.45, 2.75) is 26.2 Å². The molecule has 12 rings (SSSR count). The van der Waals surface area contributed by atoms with Gasteiger partial charge in [-0.1, -0.05) is 117 Å². The van der Waals surface area contributed by atoms with E-state index in [-0.39, 0.29) is 12.3 Å². The van der Waals surface area contributed by atoms with Gasteiger partial charge in [-0.2, -0.15) is 0 Å². The SMILES string of the molecule is Cc1ccccc1N1B2c3cccc4c3N(c3ccccc3C4(C)C)c3cc(N(c4ccccc4)c4ccccc4)cc(c32)-c2cc3c(cc21)Oc1ccccc1O3. The molecule has 4 aliphatic rings. The Morgan fingerprint density at radius 2 is 1.09 bits per heavy atom. The minimum Gasteiger partial charge on any atom is -0.449 e. The minimum absolute atomic E-state index is 0.142. The molecule has 0 aliphatic carbocycles. The second-order valence-electron chi connectivity index (χ2n) is 16.2. The molecule has 0 atom stereocenters. The molecule has 4 heterocycles. The van der Waals surface area contributed by atoms with Crippen LogP contribution in [0.4, 0.5) is 45.5 Å². The average molecular weight is 748 g/mol. The summed E-state index contributed by atoms with van der Waals surface area (Å²) in [4.78, 5) is 7.51. The van der Waals surface area contributed by atoms with Crippen molar-refractivity contribution in [1.82, 2.24) is 0 Å². The van der Waals surface area contributed by atoms with E-state index in [9.17, 15) is 0 Å². The zero-order valence-corrected chi connectivity index (χ0v) is 32.5. The van der Waals surface area contributed by atoms with Crippen molar-refractivity contribution < 1.29 is 9.47 Å². The van der Waals surface area contributed by atoms with Crippen LogP contribution >= 0.6 is 0 Å². The molecular weight excluding hydrogens is 709 g/mol. The van der Waals surface area contributed by atoms with Crippen LogP contribution in [0, 0.1) is 6.92 Å². The predicted molar refractivity (Wildman–Crippen MR) is 238 cm³/mol. The number of hydrogen-bond acceptors (Lipinski definition) is 5. The molecule has 0 saturated heterocycles. The molecule has 6 heteroatoms. The lowest BCUT2D eigenvalue weighted by atomic mass is 9.42. The Labute approximate surface area is 339 Å². The van der Waals surface area contributed by atoms with Crippen LogP contribution < -0.4 is 35.0 Å². The standard InChI is InChI=1S/C52H38BN3O2/c1-33-17-10-12-25-42(33)56-44-32-49-48(57-46-27-14-15-28-47(46)58-49)31-37(44)38-29-36(54(34-18-6-4-7-19-34)35-20-8-5-9-21-35)30-45-50(38)53(56)41-24-16-23-40-51(41)55(45)43-26-13-11-22-39(43)52(40,2)3/h4-32H,1-3H3. The second kappa shape index (κ2) is 12.2. The Balaban J connectivity index is 1.23. The summed E-state index contributed by atoms with van der Waals surface area (Å²) in [5, 5.41) is 0. The fourth-order valence-electron chi connectivity index (χ4n) is 9.94. The summed E-state index contributed by atoms with van der Waals surface area (Å²) in [5.41, 5.74) is 17.5. The van der Waals surface area contributed by atoms with Gasteiger partial charge in [0.25, 0.3) is 0 Å². The van der Waals surface area contributed by atoms with Gasteiger partial charge in [-0.05, 0) is 107 Å². The third kappa shape index (κ3) is 4.60. The number of rotatable bonds is 4. The third-order valence-corrected chi connectivity index (χ3v) is 12.6. The Morgan fingerprint density at radius 3 is 1.79 bits per heavy atom. The third-order valence-electron chi connectivity index (χ3n) is 12.6. The van der Waals surface area contributed by atoms with Gasteiger partial charge in [-0.3, -0.25) is 0 Å². The molecule has 4 aliphatic heterocycles. The summed E-state index contributed by atoms with van der Waals surface area (Å²) >= 11 is 0. The summed E-state index contributed by atoms with van der Waals surface area (Å²) < 4.78 is 13.3. The van der Waals surface area contributed by atoms with Crippen LogP contribution in [0.1, 0.15) is 30.5 Å². The molecule has 0 N–H and O–H groups in total. The first-order chi connectivity index (χ1) is 28.5. The highest BCUT2D eigenvalue weighted by Gasteiger charge is 2.50. The Kier molecular flexibility index (Phi) is 6.92. The van der Waals surface area contributed by atoms with Crippen molar-refractivity contribution in [3.05, 3.63) is 193 Å². The Bertz CT molecular complexity index is 2940. The summed E-state index contributed by atoms with van der Waals surface area (Å²) in [5.74, 6) is 2.83. The quantitative estimate of drug-likeness (QED) is 0.167.